The molecule has 0 fully saturated rings. The van der Waals surface area contributed by atoms with E-state index < -0.39 is 10.0 Å². The standard InChI is InChI=1S/C15H18N2O3S2/c1-4-15-16-9-13(21-15)10-17(3)22(19,20)14-7-5-6-12(8-14)11(2)18/h5-9H,4,10H2,1-3H3. The van der Waals surface area contributed by atoms with Crippen LogP contribution in [-0.4, -0.2) is 30.5 Å². The number of carbonyl (C=O) groups is 1. The summed E-state index contributed by atoms with van der Waals surface area (Å²) in [6.07, 6.45) is 2.54. The van der Waals surface area contributed by atoms with Crippen molar-refractivity contribution in [1.29, 1.82) is 0 Å². The number of rotatable bonds is 6. The number of hydrogen-bond acceptors (Lipinski definition) is 5. The fourth-order valence-corrected chi connectivity index (χ4v) is 4.14. The number of aryl methyl sites for hydroxylation is 1. The number of ketones is 1. The van der Waals surface area contributed by atoms with Crippen molar-refractivity contribution in [3.63, 3.8) is 0 Å². The molecule has 2 rings (SSSR count). The van der Waals surface area contributed by atoms with Crippen LogP contribution < -0.4 is 0 Å². The predicted octanol–water partition coefficient (Wildman–Crippen LogP) is 2.73. The molecule has 0 aliphatic rings. The third-order valence-corrected chi connectivity index (χ3v) is 6.16. The zero-order valence-electron chi connectivity index (χ0n) is 12.7. The van der Waals surface area contributed by atoms with Crippen LogP contribution in [-0.2, 0) is 23.0 Å². The summed E-state index contributed by atoms with van der Waals surface area (Å²) in [4.78, 5) is 16.7. The Balaban J connectivity index is 2.25. The number of aromatic nitrogens is 1. The van der Waals surface area contributed by atoms with Crippen molar-refractivity contribution in [2.45, 2.75) is 31.7 Å². The Labute approximate surface area is 134 Å². The van der Waals surface area contributed by atoms with Crippen molar-refractivity contribution >= 4 is 27.1 Å². The first kappa shape index (κ1) is 16.8. The van der Waals surface area contributed by atoms with Gasteiger partial charge in [0, 0.05) is 30.2 Å². The van der Waals surface area contributed by atoms with Crippen LogP contribution in [0.3, 0.4) is 0 Å². The number of hydrogen-bond donors (Lipinski definition) is 0. The minimum Gasteiger partial charge on any atom is -0.295 e. The maximum Gasteiger partial charge on any atom is 0.243 e. The molecule has 1 aromatic carbocycles. The summed E-state index contributed by atoms with van der Waals surface area (Å²) in [5.74, 6) is -0.158. The zero-order valence-corrected chi connectivity index (χ0v) is 14.4. The largest absolute Gasteiger partial charge is 0.295 e. The molecule has 7 heteroatoms. The van der Waals surface area contributed by atoms with Gasteiger partial charge in [-0.25, -0.2) is 13.4 Å². The first-order valence-electron chi connectivity index (χ1n) is 6.85. The Bertz CT molecular complexity index is 782. The molecule has 1 aromatic heterocycles. The van der Waals surface area contributed by atoms with Gasteiger partial charge in [-0.2, -0.15) is 4.31 Å². The van der Waals surface area contributed by atoms with E-state index in [4.69, 9.17) is 0 Å². The van der Waals surface area contributed by atoms with Gasteiger partial charge in [-0.15, -0.1) is 11.3 Å². The van der Waals surface area contributed by atoms with Gasteiger partial charge in [0.05, 0.1) is 9.90 Å². The third kappa shape index (κ3) is 3.60. The molecule has 2 aromatic rings. The highest BCUT2D eigenvalue weighted by Crippen LogP contribution is 2.21. The first-order valence-corrected chi connectivity index (χ1v) is 9.11. The summed E-state index contributed by atoms with van der Waals surface area (Å²) in [7, 11) is -2.10. The van der Waals surface area contributed by atoms with Gasteiger partial charge in [-0.1, -0.05) is 19.1 Å². The van der Waals surface area contributed by atoms with Crippen LogP contribution >= 0.6 is 11.3 Å². The van der Waals surface area contributed by atoms with Gasteiger partial charge >= 0.3 is 0 Å². The molecule has 0 spiro atoms. The lowest BCUT2D eigenvalue weighted by atomic mass is 10.2. The summed E-state index contributed by atoms with van der Waals surface area (Å²) in [5.41, 5.74) is 0.389. The van der Waals surface area contributed by atoms with Crippen molar-refractivity contribution in [3.05, 3.63) is 45.9 Å². The zero-order chi connectivity index (χ0) is 16.3. The van der Waals surface area contributed by atoms with Crippen LogP contribution in [0.5, 0.6) is 0 Å². The smallest absolute Gasteiger partial charge is 0.243 e. The van der Waals surface area contributed by atoms with E-state index in [0.717, 1.165) is 16.3 Å². The maximum atomic E-state index is 12.6. The maximum absolute atomic E-state index is 12.6. The molecule has 0 aliphatic heterocycles. The summed E-state index contributed by atoms with van der Waals surface area (Å²) in [5, 5.41) is 0.986. The SMILES string of the molecule is CCc1ncc(CN(C)S(=O)(=O)c2cccc(C(C)=O)c2)s1. The number of carbonyl (C=O) groups excluding carboxylic acids is 1. The number of Topliss-reactive ketones (excluding diaryl/α,β-unsaturated/α-hetero) is 1. The quantitative estimate of drug-likeness (QED) is 0.760. The highest BCUT2D eigenvalue weighted by atomic mass is 32.2. The Morgan fingerprint density at radius 2 is 2.09 bits per heavy atom. The van der Waals surface area contributed by atoms with E-state index in [1.165, 1.54) is 41.7 Å². The van der Waals surface area contributed by atoms with Gasteiger partial charge in [-0.05, 0) is 25.5 Å². The highest BCUT2D eigenvalue weighted by Gasteiger charge is 2.22. The lowest BCUT2D eigenvalue weighted by Crippen LogP contribution is -2.26. The Hall–Kier alpha value is -1.57. The Morgan fingerprint density at radius 1 is 1.36 bits per heavy atom. The third-order valence-electron chi connectivity index (χ3n) is 3.23. The minimum atomic E-state index is -3.63. The molecule has 118 valence electrons. The van der Waals surface area contributed by atoms with Crippen LogP contribution in [0.1, 0.15) is 34.1 Å². The second-order valence-electron chi connectivity index (χ2n) is 4.92. The van der Waals surface area contributed by atoms with Gasteiger partial charge in [-0.3, -0.25) is 4.79 Å². The number of nitrogens with zero attached hydrogens (tertiary/aromatic N) is 2. The number of benzene rings is 1. The van der Waals surface area contributed by atoms with E-state index in [1.54, 1.807) is 18.3 Å². The van der Waals surface area contributed by atoms with Crippen LogP contribution in [0, 0.1) is 0 Å². The van der Waals surface area contributed by atoms with Gasteiger partial charge < -0.3 is 0 Å². The van der Waals surface area contributed by atoms with E-state index in [0.29, 0.717) is 5.56 Å². The van der Waals surface area contributed by atoms with E-state index >= 15 is 0 Å². The molecule has 0 bridgehead atoms. The molecule has 0 amide bonds. The lowest BCUT2D eigenvalue weighted by molar-refractivity contribution is 0.101. The first-order chi connectivity index (χ1) is 10.3. The average Bonchev–Trinajstić information content (AvgIpc) is 2.95. The van der Waals surface area contributed by atoms with Crippen LogP contribution in [0.15, 0.2) is 35.4 Å². The van der Waals surface area contributed by atoms with E-state index in [2.05, 4.69) is 4.98 Å². The summed E-state index contributed by atoms with van der Waals surface area (Å²) in [6, 6.07) is 6.11. The van der Waals surface area contributed by atoms with Crippen molar-refractivity contribution in [2.75, 3.05) is 7.05 Å². The van der Waals surface area contributed by atoms with Gasteiger partial charge in [0.2, 0.25) is 10.0 Å². The van der Waals surface area contributed by atoms with Crippen molar-refractivity contribution in [3.8, 4) is 0 Å². The van der Waals surface area contributed by atoms with Gasteiger partial charge in [0.15, 0.2) is 5.78 Å². The molecule has 0 aliphatic carbocycles. The normalized spacial score (nSPS) is 11.8. The molecule has 0 saturated carbocycles. The average molecular weight is 338 g/mol. The topological polar surface area (TPSA) is 67.3 Å². The van der Waals surface area contributed by atoms with Gasteiger partial charge in [0.1, 0.15) is 0 Å². The van der Waals surface area contributed by atoms with Crippen molar-refractivity contribution in [2.24, 2.45) is 0 Å². The fraction of sp³-hybridized carbons (Fsp3) is 0.333. The van der Waals surface area contributed by atoms with Crippen LogP contribution in [0.25, 0.3) is 0 Å². The second kappa shape index (κ2) is 6.68. The Morgan fingerprint density at radius 3 is 2.68 bits per heavy atom. The number of sulfonamides is 1. The van der Waals surface area contributed by atoms with Gasteiger partial charge in [0.25, 0.3) is 0 Å². The van der Waals surface area contributed by atoms with Crippen molar-refractivity contribution < 1.29 is 13.2 Å². The molecule has 0 unspecified atom stereocenters. The lowest BCUT2D eigenvalue weighted by Gasteiger charge is -2.16. The van der Waals surface area contributed by atoms with Crippen molar-refractivity contribution in [1.82, 2.24) is 9.29 Å². The van der Waals surface area contributed by atoms with E-state index in [9.17, 15) is 13.2 Å². The predicted molar refractivity (Wildman–Crippen MR) is 86.6 cm³/mol. The number of thiazole rings is 1. The second-order valence-corrected chi connectivity index (χ2v) is 8.16. The molecule has 0 radical (unpaired) electrons. The molecular formula is C15H18N2O3S2. The van der Waals surface area contributed by atoms with Crippen LogP contribution in [0.4, 0.5) is 0 Å². The minimum absolute atomic E-state index is 0.128. The highest BCUT2D eigenvalue weighted by molar-refractivity contribution is 7.89. The molecule has 5 nitrogen and oxygen atoms in total. The van der Waals surface area contributed by atoms with E-state index in [-0.39, 0.29) is 17.2 Å². The molecule has 0 saturated heterocycles. The molecule has 0 atom stereocenters. The molecule has 1 heterocycles. The molecule has 0 N–H and O–H groups in total. The molecule has 22 heavy (non-hydrogen) atoms. The summed E-state index contributed by atoms with van der Waals surface area (Å²) >= 11 is 1.51. The summed E-state index contributed by atoms with van der Waals surface area (Å²) in [6.45, 7) is 3.69. The fourth-order valence-electron chi connectivity index (χ4n) is 1.94. The summed E-state index contributed by atoms with van der Waals surface area (Å²) < 4.78 is 26.5. The van der Waals surface area contributed by atoms with Crippen LogP contribution in [0.2, 0.25) is 0 Å². The molecular weight excluding hydrogens is 320 g/mol. The Kier molecular flexibility index (Phi) is 5.10. The monoisotopic (exact) mass is 338 g/mol. The van der Waals surface area contributed by atoms with E-state index in [1.807, 2.05) is 6.92 Å².